The van der Waals surface area contributed by atoms with Crippen LogP contribution < -0.4 is 10.6 Å². The molecule has 3 amide bonds. The molecule has 2 N–H and O–H groups in total. The molecule has 29 heavy (non-hydrogen) atoms. The summed E-state index contributed by atoms with van der Waals surface area (Å²) in [6.07, 6.45) is -4.41. The van der Waals surface area contributed by atoms with Crippen LogP contribution in [0.1, 0.15) is 15.9 Å². The largest absolute Gasteiger partial charge is 0.408 e. The SMILES string of the molecule is Cc1cc(NC(=O)NC(=O)c2ccccc2Cl)ccc1S(=O)(=O)C(F)(F)C(F)F. The summed E-state index contributed by atoms with van der Waals surface area (Å²) in [5.74, 6) is -0.819. The molecule has 0 aromatic heterocycles. The van der Waals surface area contributed by atoms with Crippen molar-refractivity contribution < 1.29 is 35.6 Å². The van der Waals surface area contributed by atoms with E-state index in [-0.39, 0.29) is 21.8 Å². The van der Waals surface area contributed by atoms with Crippen molar-refractivity contribution in [2.24, 2.45) is 0 Å². The Hall–Kier alpha value is -2.66. The Morgan fingerprint density at radius 2 is 1.72 bits per heavy atom. The Kier molecular flexibility index (Phi) is 6.53. The van der Waals surface area contributed by atoms with Crippen LogP contribution in [-0.4, -0.2) is 32.0 Å². The van der Waals surface area contributed by atoms with Gasteiger partial charge in [-0.25, -0.2) is 22.0 Å². The lowest BCUT2D eigenvalue weighted by Crippen LogP contribution is -2.37. The number of carbonyl (C=O) groups is 2. The lowest BCUT2D eigenvalue weighted by molar-refractivity contribution is -0.0636. The summed E-state index contributed by atoms with van der Waals surface area (Å²) in [4.78, 5) is 22.9. The van der Waals surface area contributed by atoms with Gasteiger partial charge in [-0.2, -0.15) is 8.78 Å². The second-order valence-electron chi connectivity index (χ2n) is 5.73. The Balaban J connectivity index is 2.18. The predicted octanol–water partition coefficient (Wildman–Crippen LogP) is 4.24. The Morgan fingerprint density at radius 1 is 1.10 bits per heavy atom. The van der Waals surface area contributed by atoms with Crippen molar-refractivity contribution >= 4 is 39.1 Å². The van der Waals surface area contributed by atoms with Crippen LogP contribution in [0.4, 0.5) is 28.0 Å². The number of alkyl halides is 4. The van der Waals surface area contributed by atoms with Crippen molar-refractivity contribution in [1.82, 2.24) is 5.32 Å². The van der Waals surface area contributed by atoms with E-state index in [1.165, 1.54) is 18.2 Å². The van der Waals surface area contributed by atoms with Crippen LogP contribution in [0.5, 0.6) is 0 Å². The molecule has 0 bridgehead atoms. The number of nitrogens with one attached hydrogen (secondary N) is 2. The molecule has 0 aliphatic rings. The summed E-state index contributed by atoms with van der Waals surface area (Å²) in [6.45, 7) is 1.09. The predicted molar refractivity (Wildman–Crippen MR) is 97.3 cm³/mol. The minimum atomic E-state index is -5.65. The third-order valence-electron chi connectivity index (χ3n) is 3.68. The molecule has 2 aromatic carbocycles. The zero-order chi connectivity index (χ0) is 22.0. The first-order chi connectivity index (χ1) is 13.4. The third-order valence-corrected chi connectivity index (χ3v) is 5.94. The average Bonchev–Trinajstić information content (AvgIpc) is 2.61. The minimum Gasteiger partial charge on any atom is -0.308 e. The van der Waals surface area contributed by atoms with E-state index in [1.807, 2.05) is 5.32 Å². The number of urea groups is 1. The average molecular weight is 453 g/mol. The standard InChI is InChI=1S/C17H13ClF4N2O4S/c1-9-8-10(6-7-13(9)29(27,28)17(21,22)15(19)20)23-16(26)24-14(25)11-4-2-3-5-12(11)18/h2-8,15H,1H3,(H2,23,24,25,26). The molecule has 0 saturated carbocycles. The van der Waals surface area contributed by atoms with E-state index < -0.39 is 38.4 Å². The highest BCUT2D eigenvalue weighted by Gasteiger charge is 2.55. The van der Waals surface area contributed by atoms with Gasteiger partial charge in [-0.05, 0) is 42.8 Å². The van der Waals surface area contributed by atoms with Gasteiger partial charge in [-0.1, -0.05) is 23.7 Å². The fourth-order valence-electron chi connectivity index (χ4n) is 2.27. The Labute approximate surface area is 167 Å². The van der Waals surface area contributed by atoms with Crippen molar-refractivity contribution in [1.29, 1.82) is 0 Å². The fourth-order valence-corrected chi connectivity index (χ4v) is 3.75. The number of imide groups is 1. The van der Waals surface area contributed by atoms with Crippen LogP contribution in [0.2, 0.25) is 5.02 Å². The zero-order valence-corrected chi connectivity index (χ0v) is 16.1. The first-order valence-corrected chi connectivity index (χ1v) is 9.62. The van der Waals surface area contributed by atoms with Crippen LogP contribution in [0.3, 0.4) is 0 Å². The normalized spacial score (nSPS) is 12.0. The summed E-state index contributed by atoms with van der Waals surface area (Å²) in [5.41, 5.74) is -0.344. The van der Waals surface area contributed by atoms with Gasteiger partial charge in [0.05, 0.1) is 15.5 Å². The number of sulfone groups is 1. The monoisotopic (exact) mass is 452 g/mol. The number of halogens is 5. The molecule has 0 spiro atoms. The zero-order valence-electron chi connectivity index (χ0n) is 14.5. The number of amides is 3. The van der Waals surface area contributed by atoms with E-state index in [1.54, 1.807) is 6.07 Å². The summed E-state index contributed by atoms with van der Waals surface area (Å²) in [6, 6.07) is 7.46. The molecule has 2 aromatic rings. The molecular weight excluding hydrogens is 440 g/mol. The Bertz CT molecular complexity index is 1060. The molecular formula is C17H13ClF4N2O4S. The van der Waals surface area contributed by atoms with E-state index in [0.717, 1.165) is 19.1 Å². The second-order valence-corrected chi connectivity index (χ2v) is 8.13. The molecule has 12 heteroatoms. The number of anilines is 1. The maximum absolute atomic E-state index is 13.4. The second kappa shape index (κ2) is 8.37. The highest BCUT2D eigenvalue weighted by Crippen LogP contribution is 2.36. The van der Waals surface area contributed by atoms with Crippen molar-refractivity contribution in [2.45, 2.75) is 23.5 Å². The number of carbonyl (C=O) groups excluding carboxylic acids is 2. The van der Waals surface area contributed by atoms with Gasteiger partial charge in [-0.3, -0.25) is 10.1 Å². The highest BCUT2D eigenvalue weighted by molar-refractivity contribution is 7.92. The molecule has 0 aliphatic heterocycles. The van der Waals surface area contributed by atoms with Gasteiger partial charge in [-0.15, -0.1) is 0 Å². The molecule has 0 radical (unpaired) electrons. The van der Waals surface area contributed by atoms with Crippen LogP contribution in [0, 0.1) is 6.92 Å². The van der Waals surface area contributed by atoms with Gasteiger partial charge < -0.3 is 5.32 Å². The highest BCUT2D eigenvalue weighted by atomic mass is 35.5. The van der Waals surface area contributed by atoms with E-state index >= 15 is 0 Å². The quantitative estimate of drug-likeness (QED) is 0.664. The molecule has 6 nitrogen and oxygen atoms in total. The van der Waals surface area contributed by atoms with E-state index in [9.17, 15) is 35.6 Å². The van der Waals surface area contributed by atoms with Crippen molar-refractivity contribution in [2.75, 3.05) is 5.32 Å². The third kappa shape index (κ3) is 4.67. The summed E-state index contributed by atoms with van der Waals surface area (Å²) in [5, 5.41) is -0.995. The smallest absolute Gasteiger partial charge is 0.308 e. The number of hydrogen-bond acceptors (Lipinski definition) is 4. The Morgan fingerprint density at radius 3 is 2.28 bits per heavy atom. The molecule has 0 heterocycles. The first kappa shape index (κ1) is 22.6. The lowest BCUT2D eigenvalue weighted by atomic mass is 10.2. The first-order valence-electron chi connectivity index (χ1n) is 7.76. The molecule has 0 unspecified atom stereocenters. The molecule has 0 fully saturated rings. The molecule has 156 valence electrons. The number of benzene rings is 2. The number of aryl methyl sites for hydroxylation is 1. The lowest BCUT2D eigenvalue weighted by Gasteiger charge is -2.18. The molecule has 2 rings (SSSR count). The van der Waals surface area contributed by atoms with Crippen molar-refractivity contribution in [3.63, 3.8) is 0 Å². The topological polar surface area (TPSA) is 92.3 Å². The van der Waals surface area contributed by atoms with E-state index in [4.69, 9.17) is 11.6 Å². The van der Waals surface area contributed by atoms with Crippen molar-refractivity contribution in [3.8, 4) is 0 Å². The maximum Gasteiger partial charge on any atom is 0.408 e. The minimum absolute atomic E-state index is 0.0242. The van der Waals surface area contributed by atoms with Crippen molar-refractivity contribution in [3.05, 3.63) is 58.6 Å². The molecule has 0 aliphatic carbocycles. The van der Waals surface area contributed by atoms with Gasteiger partial charge in [0.25, 0.3) is 5.91 Å². The number of hydrogen-bond donors (Lipinski definition) is 2. The molecule has 0 atom stereocenters. The summed E-state index contributed by atoms with van der Waals surface area (Å²) in [7, 11) is -5.65. The number of rotatable bonds is 5. The van der Waals surface area contributed by atoms with Crippen LogP contribution >= 0.6 is 11.6 Å². The van der Waals surface area contributed by atoms with E-state index in [0.29, 0.717) is 6.07 Å². The molecule has 0 saturated heterocycles. The fraction of sp³-hybridized carbons (Fsp3) is 0.176. The van der Waals surface area contributed by atoms with Gasteiger partial charge in [0.15, 0.2) is 0 Å². The van der Waals surface area contributed by atoms with Gasteiger partial charge >= 0.3 is 17.7 Å². The summed E-state index contributed by atoms with van der Waals surface area (Å²) < 4.78 is 75.2. The van der Waals surface area contributed by atoms with E-state index in [2.05, 4.69) is 5.32 Å². The van der Waals surface area contributed by atoms with Crippen LogP contribution in [0.15, 0.2) is 47.4 Å². The maximum atomic E-state index is 13.4. The van der Waals surface area contributed by atoms with Gasteiger partial charge in [0.2, 0.25) is 9.84 Å². The van der Waals surface area contributed by atoms with Crippen LogP contribution in [-0.2, 0) is 9.84 Å². The van der Waals surface area contributed by atoms with Gasteiger partial charge in [0.1, 0.15) is 0 Å². The van der Waals surface area contributed by atoms with Crippen LogP contribution in [0.25, 0.3) is 0 Å². The van der Waals surface area contributed by atoms with Gasteiger partial charge in [0, 0.05) is 5.69 Å². The summed E-state index contributed by atoms with van der Waals surface area (Å²) >= 11 is 5.84.